The summed E-state index contributed by atoms with van der Waals surface area (Å²) in [4.78, 5) is 23.8. The molecule has 3 aromatic carbocycles. The van der Waals surface area contributed by atoms with Gasteiger partial charge in [-0.3, -0.25) is 14.6 Å². The maximum absolute atomic E-state index is 14.2. The molecular formula is C30H28ClN3OS. The molecule has 0 atom stereocenters. The molecule has 182 valence electrons. The molecule has 0 unspecified atom stereocenters. The van der Waals surface area contributed by atoms with Crippen LogP contribution in [-0.2, 0) is 16.9 Å². The largest absolute Gasteiger partial charge is 0.299 e. The van der Waals surface area contributed by atoms with Crippen molar-refractivity contribution in [2.75, 3.05) is 13.1 Å². The van der Waals surface area contributed by atoms with Crippen molar-refractivity contribution in [1.82, 2.24) is 9.80 Å². The second kappa shape index (κ2) is 9.47. The third-order valence-electron chi connectivity index (χ3n) is 7.52. The molecule has 0 saturated carbocycles. The Bertz CT molecular complexity index is 1390. The zero-order valence-electron chi connectivity index (χ0n) is 20.2. The molecule has 0 aliphatic carbocycles. The van der Waals surface area contributed by atoms with Gasteiger partial charge in [-0.15, -0.1) is 11.3 Å². The van der Waals surface area contributed by atoms with Crippen LogP contribution in [0.25, 0.3) is 10.1 Å². The number of thiophene rings is 1. The zero-order valence-corrected chi connectivity index (χ0v) is 21.8. The molecule has 6 heteroatoms. The maximum atomic E-state index is 14.2. The van der Waals surface area contributed by atoms with Crippen LogP contribution in [0.4, 0.5) is 0 Å². The minimum Gasteiger partial charge on any atom is -0.299 e. The van der Waals surface area contributed by atoms with Gasteiger partial charge >= 0.3 is 0 Å². The molecule has 1 aromatic heterocycles. The summed E-state index contributed by atoms with van der Waals surface area (Å²) in [6.45, 7) is 4.79. The van der Waals surface area contributed by atoms with Gasteiger partial charge in [-0.2, -0.15) is 0 Å². The summed E-state index contributed by atoms with van der Waals surface area (Å²) in [5.41, 5.74) is 2.16. The van der Waals surface area contributed by atoms with Crippen molar-refractivity contribution < 1.29 is 4.79 Å². The predicted octanol–water partition coefficient (Wildman–Crippen LogP) is 6.72. The van der Waals surface area contributed by atoms with Crippen molar-refractivity contribution in [1.29, 1.82) is 0 Å². The zero-order chi connectivity index (χ0) is 24.7. The van der Waals surface area contributed by atoms with Crippen LogP contribution in [0.15, 0.2) is 89.2 Å². The van der Waals surface area contributed by atoms with Gasteiger partial charge in [-0.05, 0) is 65.4 Å². The van der Waals surface area contributed by atoms with E-state index in [1.165, 1.54) is 15.6 Å². The number of carbonyl (C=O) groups excluding carboxylic acids is 1. The predicted molar refractivity (Wildman–Crippen MR) is 149 cm³/mol. The van der Waals surface area contributed by atoms with E-state index >= 15 is 0 Å². The third kappa shape index (κ3) is 3.96. The van der Waals surface area contributed by atoms with E-state index in [0.717, 1.165) is 54.5 Å². The normalized spacial score (nSPS) is 18.7. The summed E-state index contributed by atoms with van der Waals surface area (Å²) in [7, 11) is 0. The smallest absolute Gasteiger partial charge is 0.265 e. The topological polar surface area (TPSA) is 35.9 Å². The van der Waals surface area contributed by atoms with E-state index in [1.54, 1.807) is 11.3 Å². The Morgan fingerprint density at radius 2 is 1.61 bits per heavy atom. The molecular weight excluding hydrogens is 486 g/mol. The third-order valence-corrected chi connectivity index (χ3v) is 8.77. The van der Waals surface area contributed by atoms with Crippen molar-refractivity contribution in [3.63, 3.8) is 0 Å². The molecule has 0 spiro atoms. The molecule has 1 fully saturated rings. The van der Waals surface area contributed by atoms with E-state index in [0.29, 0.717) is 0 Å². The molecule has 4 aromatic rings. The van der Waals surface area contributed by atoms with E-state index in [-0.39, 0.29) is 11.9 Å². The van der Waals surface area contributed by atoms with Crippen molar-refractivity contribution in [3.8, 4) is 0 Å². The summed E-state index contributed by atoms with van der Waals surface area (Å²) in [6.07, 6.45) is 1.86. The van der Waals surface area contributed by atoms with Crippen molar-refractivity contribution >= 4 is 44.8 Å². The summed E-state index contributed by atoms with van der Waals surface area (Å²) in [5, 5.41) is 4.29. The monoisotopic (exact) mass is 513 g/mol. The molecule has 2 aliphatic heterocycles. The lowest BCUT2D eigenvalue weighted by atomic mass is 9.82. The number of hydrogen-bond acceptors (Lipinski definition) is 4. The van der Waals surface area contributed by atoms with Crippen LogP contribution in [-0.4, -0.2) is 40.7 Å². The fourth-order valence-electron chi connectivity index (χ4n) is 5.75. The van der Waals surface area contributed by atoms with E-state index in [9.17, 15) is 4.79 Å². The maximum Gasteiger partial charge on any atom is 0.265 e. The molecule has 0 bridgehead atoms. The lowest BCUT2D eigenvalue weighted by Gasteiger charge is -2.38. The molecule has 0 N–H and O–H groups in total. The number of nitrogens with zero attached hydrogens (tertiary/aromatic N) is 3. The Morgan fingerprint density at radius 3 is 2.25 bits per heavy atom. The number of amides is 1. The van der Waals surface area contributed by atoms with Crippen molar-refractivity contribution in [2.24, 2.45) is 4.99 Å². The second-order valence-corrected chi connectivity index (χ2v) is 11.0. The lowest BCUT2D eigenvalue weighted by molar-refractivity contribution is -0.132. The Kier molecular flexibility index (Phi) is 6.16. The minimum absolute atomic E-state index is 0.0642. The number of fused-ring (bicyclic) bond motifs is 1. The first kappa shape index (κ1) is 23.4. The van der Waals surface area contributed by atoms with Gasteiger partial charge < -0.3 is 0 Å². The molecule has 1 amide bonds. The number of benzene rings is 3. The minimum atomic E-state index is -1.02. The van der Waals surface area contributed by atoms with Crippen LogP contribution in [0.5, 0.6) is 0 Å². The highest BCUT2D eigenvalue weighted by Crippen LogP contribution is 2.42. The van der Waals surface area contributed by atoms with Gasteiger partial charge in [0.2, 0.25) is 0 Å². The molecule has 0 radical (unpaired) electrons. The quantitative estimate of drug-likeness (QED) is 0.297. The molecule has 2 aliphatic rings. The SMILES string of the molecule is CC1=NC(c2ccccc2)(c2ccccc2)C(=O)N1C1CCN(Cc2csc3ccc(Cl)cc23)CC1. The first-order chi connectivity index (χ1) is 17.6. The first-order valence-corrected chi connectivity index (χ1v) is 13.7. The second-order valence-electron chi connectivity index (χ2n) is 9.69. The standard InChI is InChI=1S/C30H28ClN3OS/c1-21-32-30(23-8-4-2-5-9-23,24-10-6-3-7-11-24)29(35)34(21)26-14-16-33(17-15-26)19-22-20-36-28-13-12-25(31)18-27(22)28/h2-13,18,20,26H,14-17,19H2,1H3. The highest BCUT2D eigenvalue weighted by molar-refractivity contribution is 7.17. The van der Waals surface area contributed by atoms with Gasteiger partial charge in [0.25, 0.3) is 5.91 Å². The number of halogens is 1. The van der Waals surface area contributed by atoms with Gasteiger partial charge in [0.05, 0.1) is 0 Å². The summed E-state index contributed by atoms with van der Waals surface area (Å²) in [6, 6.07) is 26.3. The Labute approximate surface area is 220 Å². The average Bonchev–Trinajstić information content (AvgIpc) is 3.43. The van der Waals surface area contributed by atoms with E-state index < -0.39 is 5.54 Å². The van der Waals surface area contributed by atoms with Crippen LogP contribution in [0.3, 0.4) is 0 Å². The first-order valence-electron chi connectivity index (χ1n) is 12.5. The van der Waals surface area contributed by atoms with Crippen LogP contribution in [0.2, 0.25) is 5.02 Å². The van der Waals surface area contributed by atoms with Crippen LogP contribution in [0.1, 0.15) is 36.5 Å². The summed E-state index contributed by atoms with van der Waals surface area (Å²) < 4.78 is 1.27. The molecule has 3 heterocycles. The highest BCUT2D eigenvalue weighted by atomic mass is 35.5. The summed E-state index contributed by atoms with van der Waals surface area (Å²) >= 11 is 8.04. The summed E-state index contributed by atoms with van der Waals surface area (Å²) in [5.74, 6) is 0.874. The van der Waals surface area contributed by atoms with E-state index in [4.69, 9.17) is 16.6 Å². The number of hydrogen-bond donors (Lipinski definition) is 0. The average molecular weight is 514 g/mol. The Morgan fingerprint density at radius 1 is 0.972 bits per heavy atom. The van der Waals surface area contributed by atoms with Crippen molar-refractivity contribution in [2.45, 2.75) is 37.9 Å². The fraction of sp³-hybridized carbons (Fsp3) is 0.267. The number of carbonyl (C=O) groups is 1. The molecule has 6 rings (SSSR count). The number of rotatable bonds is 5. The van der Waals surface area contributed by atoms with Gasteiger partial charge in [-0.25, -0.2) is 4.99 Å². The number of likely N-dealkylation sites (tertiary alicyclic amines) is 1. The van der Waals surface area contributed by atoms with Crippen LogP contribution in [0, 0.1) is 0 Å². The van der Waals surface area contributed by atoms with Gasteiger partial charge in [0, 0.05) is 35.4 Å². The van der Waals surface area contributed by atoms with Crippen molar-refractivity contribution in [3.05, 3.63) is 106 Å². The van der Waals surface area contributed by atoms with Gasteiger partial charge in [0.1, 0.15) is 5.84 Å². The van der Waals surface area contributed by atoms with E-state index in [1.807, 2.05) is 78.6 Å². The Hall–Kier alpha value is -2.99. The number of aliphatic imine (C=N–C) groups is 1. The van der Waals surface area contributed by atoms with Crippen LogP contribution >= 0.6 is 22.9 Å². The van der Waals surface area contributed by atoms with Gasteiger partial charge in [-0.1, -0.05) is 72.3 Å². The lowest BCUT2D eigenvalue weighted by Crippen LogP contribution is -2.50. The Balaban J connectivity index is 1.22. The number of piperidine rings is 1. The molecule has 1 saturated heterocycles. The van der Waals surface area contributed by atoms with E-state index in [2.05, 4.69) is 22.4 Å². The fourth-order valence-corrected chi connectivity index (χ4v) is 6.86. The van der Waals surface area contributed by atoms with Crippen LogP contribution < -0.4 is 0 Å². The molecule has 36 heavy (non-hydrogen) atoms. The highest BCUT2D eigenvalue weighted by Gasteiger charge is 2.51. The molecule has 4 nitrogen and oxygen atoms in total. The van der Waals surface area contributed by atoms with Gasteiger partial charge in [0.15, 0.2) is 5.54 Å². The number of amidine groups is 1.